The lowest BCUT2D eigenvalue weighted by atomic mass is 10.1. The van der Waals surface area contributed by atoms with Gasteiger partial charge in [0.05, 0.1) is 25.0 Å². The molecular formula is C24H27N5O3. The Kier molecular flexibility index (Phi) is 6.20. The van der Waals surface area contributed by atoms with Gasteiger partial charge in [-0.3, -0.25) is 9.36 Å². The van der Waals surface area contributed by atoms with Crippen LogP contribution < -0.4 is 15.0 Å². The predicted octanol–water partition coefficient (Wildman–Crippen LogP) is 3.93. The number of aryl methyl sites for hydroxylation is 1. The number of ether oxygens (including phenoxy) is 2. The van der Waals surface area contributed by atoms with Gasteiger partial charge in [0.15, 0.2) is 17.1 Å². The van der Waals surface area contributed by atoms with E-state index in [0.717, 1.165) is 24.1 Å². The summed E-state index contributed by atoms with van der Waals surface area (Å²) in [7, 11) is 3.30. The molecule has 0 unspecified atom stereocenters. The van der Waals surface area contributed by atoms with Crippen LogP contribution in [-0.2, 0) is 13.5 Å². The molecule has 8 nitrogen and oxygen atoms in total. The minimum absolute atomic E-state index is 0.221. The number of para-hydroxylation sites is 1. The van der Waals surface area contributed by atoms with Crippen molar-refractivity contribution < 1.29 is 9.47 Å². The van der Waals surface area contributed by atoms with E-state index in [2.05, 4.69) is 23.9 Å². The maximum absolute atomic E-state index is 13.4. The molecule has 32 heavy (non-hydrogen) atoms. The zero-order chi connectivity index (χ0) is 22.7. The second kappa shape index (κ2) is 9.21. The Hall–Kier alpha value is -3.68. The van der Waals surface area contributed by atoms with E-state index in [-0.39, 0.29) is 5.56 Å². The van der Waals surface area contributed by atoms with Gasteiger partial charge in [0.2, 0.25) is 0 Å². The average Bonchev–Trinajstić information content (AvgIpc) is 3.18. The number of aromatic nitrogens is 5. The lowest BCUT2D eigenvalue weighted by Gasteiger charge is -2.13. The van der Waals surface area contributed by atoms with Crippen LogP contribution in [0.1, 0.15) is 32.4 Å². The molecule has 0 aliphatic carbocycles. The Morgan fingerprint density at radius 3 is 2.53 bits per heavy atom. The summed E-state index contributed by atoms with van der Waals surface area (Å²) in [6.45, 7) is 4.72. The summed E-state index contributed by atoms with van der Waals surface area (Å²) in [5, 5.41) is 4.62. The molecule has 4 rings (SSSR count). The minimum atomic E-state index is -0.221. The molecule has 1 aromatic carbocycles. The van der Waals surface area contributed by atoms with Gasteiger partial charge in [-0.1, -0.05) is 32.4 Å². The average molecular weight is 434 g/mol. The zero-order valence-electron chi connectivity index (χ0n) is 18.8. The van der Waals surface area contributed by atoms with Gasteiger partial charge >= 0.3 is 0 Å². The summed E-state index contributed by atoms with van der Waals surface area (Å²) in [4.78, 5) is 22.7. The van der Waals surface area contributed by atoms with Crippen LogP contribution in [0.5, 0.6) is 11.5 Å². The van der Waals surface area contributed by atoms with Crippen LogP contribution in [0, 0.1) is 0 Å². The molecule has 3 aromatic heterocycles. The summed E-state index contributed by atoms with van der Waals surface area (Å²) in [5.74, 6) is 2.35. The molecule has 0 spiro atoms. The van der Waals surface area contributed by atoms with Gasteiger partial charge < -0.3 is 9.47 Å². The summed E-state index contributed by atoms with van der Waals surface area (Å²) < 4.78 is 14.6. The molecule has 0 fully saturated rings. The third-order valence-corrected chi connectivity index (χ3v) is 5.24. The van der Waals surface area contributed by atoms with Crippen LogP contribution in [0.25, 0.3) is 28.2 Å². The third kappa shape index (κ3) is 3.72. The SMILES string of the molecule is CCCOc1ccccc1-c1nc2c(CCC)n(-c3ncccc3OC)nc2c(=O)n1C. The fourth-order valence-corrected chi connectivity index (χ4v) is 3.71. The van der Waals surface area contributed by atoms with Crippen molar-refractivity contribution in [2.45, 2.75) is 33.1 Å². The zero-order valence-corrected chi connectivity index (χ0v) is 18.8. The van der Waals surface area contributed by atoms with Crippen LogP contribution in [-0.4, -0.2) is 38.0 Å². The molecule has 0 amide bonds. The van der Waals surface area contributed by atoms with Crippen LogP contribution in [0.3, 0.4) is 0 Å². The highest BCUT2D eigenvalue weighted by atomic mass is 16.5. The Morgan fingerprint density at radius 2 is 1.78 bits per heavy atom. The van der Waals surface area contributed by atoms with Gasteiger partial charge in [-0.05, 0) is 37.1 Å². The summed E-state index contributed by atoms with van der Waals surface area (Å²) in [6, 6.07) is 11.3. The summed E-state index contributed by atoms with van der Waals surface area (Å²) in [6.07, 6.45) is 4.11. The number of rotatable bonds is 8. The van der Waals surface area contributed by atoms with Gasteiger partial charge in [-0.15, -0.1) is 0 Å². The lowest BCUT2D eigenvalue weighted by Crippen LogP contribution is -2.20. The molecule has 0 saturated heterocycles. The highest BCUT2D eigenvalue weighted by molar-refractivity contribution is 5.80. The second-order valence-corrected chi connectivity index (χ2v) is 7.48. The Morgan fingerprint density at radius 1 is 1.00 bits per heavy atom. The number of pyridine rings is 1. The molecule has 3 heterocycles. The first-order valence-corrected chi connectivity index (χ1v) is 10.8. The lowest BCUT2D eigenvalue weighted by molar-refractivity contribution is 0.318. The molecule has 4 aromatic rings. The monoisotopic (exact) mass is 433 g/mol. The molecule has 166 valence electrons. The summed E-state index contributed by atoms with van der Waals surface area (Å²) >= 11 is 0. The number of fused-ring (bicyclic) bond motifs is 1. The fourth-order valence-electron chi connectivity index (χ4n) is 3.71. The van der Waals surface area contributed by atoms with Gasteiger partial charge in [-0.2, -0.15) is 5.10 Å². The quantitative estimate of drug-likeness (QED) is 0.419. The van der Waals surface area contributed by atoms with E-state index in [0.29, 0.717) is 47.2 Å². The Bertz CT molecular complexity index is 1310. The van der Waals surface area contributed by atoms with Crippen LogP contribution in [0.2, 0.25) is 0 Å². The number of nitrogens with zero attached hydrogens (tertiary/aromatic N) is 5. The van der Waals surface area contributed by atoms with Crippen molar-refractivity contribution in [3.8, 4) is 28.7 Å². The third-order valence-electron chi connectivity index (χ3n) is 5.24. The number of hydrogen-bond acceptors (Lipinski definition) is 6. The largest absolute Gasteiger partial charge is 0.493 e. The standard InChI is InChI=1S/C24H27N5O3/c1-5-10-17-20-21(27-29(17)23-19(31-4)13-9-14-25-23)24(30)28(3)22(26-20)16-11-7-8-12-18(16)32-15-6-2/h7-9,11-14H,5-6,10,15H2,1-4H3. The Labute approximate surface area is 186 Å². The van der Waals surface area contributed by atoms with Crippen molar-refractivity contribution in [3.05, 3.63) is 58.6 Å². The number of benzene rings is 1. The molecule has 0 bridgehead atoms. The molecule has 0 aliphatic rings. The van der Waals surface area contributed by atoms with Crippen molar-refractivity contribution in [1.82, 2.24) is 24.3 Å². The first kappa shape index (κ1) is 21.5. The maximum atomic E-state index is 13.4. The van der Waals surface area contributed by atoms with E-state index in [1.165, 1.54) is 4.57 Å². The van der Waals surface area contributed by atoms with Gasteiger partial charge in [0.25, 0.3) is 5.56 Å². The van der Waals surface area contributed by atoms with E-state index < -0.39 is 0 Å². The first-order valence-electron chi connectivity index (χ1n) is 10.8. The van der Waals surface area contributed by atoms with Gasteiger partial charge in [-0.25, -0.2) is 14.6 Å². The number of hydrogen-bond donors (Lipinski definition) is 0. The smallest absolute Gasteiger partial charge is 0.281 e. The molecule has 0 aliphatic heterocycles. The molecule has 8 heteroatoms. The number of methoxy groups -OCH3 is 1. The molecule has 0 saturated carbocycles. The Balaban J connectivity index is 2.00. The minimum Gasteiger partial charge on any atom is -0.493 e. The van der Waals surface area contributed by atoms with E-state index in [4.69, 9.17) is 14.5 Å². The van der Waals surface area contributed by atoms with E-state index in [1.54, 1.807) is 31.1 Å². The van der Waals surface area contributed by atoms with Crippen LogP contribution in [0.4, 0.5) is 0 Å². The predicted molar refractivity (Wildman–Crippen MR) is 124 cm³/mol. The van der Waals surface area contributed by atoms with Crippen molar-refractivity contribution >= 4 is 11.0 Å². The van der Waals surface area contributed by atoms with Crippen molar-refractivity contribution in [2.24, 2.45) is 7.05 Å². The van der Waals surface area contributed by atoms with Gasteiger partial charge in [0, 0.05) is 13.2 Å². The van der Waals surface area contributed by atoms with E-state index in [1.807, 2.05) is 30.3 Å². The van der Waals surface area contributed by atoms with Crippen molar-refractivity contribution in [3.63, 3.8) is 0 Å². The molecular weight excluding hydrogens is 406 g/mol. The summed E-state index contributed by atoms with van der Waals surface area (Å²) in [5.41, 5.74) is 2.25. The van der Waals surface area contributed by atoms with E-state index in [9.17, 15) is 4.79 Å². The fraction of sp³-hybridized carbons (Fsp3) is 0.333. The molecule has 0 radical (unpaired) electrons. The molecule has 0 atom stereocenters. The van der Waals surface area contributed by atoms with Crippen molar-refractivity contribution in [1.29, 1.82) is 0 Å². The highest BCUT2D eigenvalue weighted by Gasteiger charge is 2.23. The second-order valence-electron chi connectivity index (χ2n) is 7.48. The topological polar surface area (TPSA) is 84.1 Å². The normalized spacial score (nSPS) is 11.1. The van der Waals surface area contributed by atoms with Crippen molar-refractivity contribution in [2.75, 3.05) is 13.7 Å². The maximum Gasteiger partial charge on any atom is 0.281 e. The van der Waals surface area contributed by atoms with Crippen LogP contribution >= 0.6 is 0 Å². The van der Waals surface area contributed by atoms with Crippen LogP contribution in [0.15, 0.2) is 47.4 Å². The molecule has 0 N–H and O–H groups in total. The van der Waals surface area contributed by atoms with E-state index >= 15 is 0 Å². The first-order chi connectivity index (χ1) is 15.6. The highest BCUT2D eigenvalue weighted by Crippen LogP contribution is 2.30. The van der Waals surface area contributed by atoms with Gasteiger partial charge in [0.1, 0.15) is 17.1 Å².